The SMILES string of the molecule is Nc1c(O)c(S)cc(Cc2cc(S)c(O)c(N)c2S)c1S. The van der Waals surface area contributed by atoms with Crippen molar-refractivity contribution in [3.63, 3.8) is 0 Å². The number of anilines is 2. The summed E-state index contributed by atoms with van der Waals surface area (Å²) in [6.07, 6.45) is 0.410. The molecule has 0 saturated carbocycles. The van der Waals surface area contributed by atoms with E-state index in [9.17, 15) is 10.2 Å². The Labute approximate surface area is 144 Å². The molecule has 0 aliphatic rings. The number of rotatable bonds is 2. The van der Waals surface area contributed by atoms with Gasteiger partial charge in [0.2, 0.25) is 0 Å². The van der Waals surface area contributed by atoms with Crippen LogP contribution >= 0.6 is 50.5 Å². The molecule has 112 valence electrons. The molecule has 0 bridgehead atoms. The normalized spacial score (nSPS) is 10.9. The lowest BCUT2D eigenvalue weighted by atomic mass is 10.0. The summed E-state index contributed by atoms with van der Waals surface area (Å²) in [5.74, 6) is -0.198. The summed E-state index contributed by atoms with van der Waals surface area (Å²) in [5.41, 5.74) is 13.4. The van der Waals surface area contributed by atoms with E-state index in [1.165, 1.54) is 0 Å². The largest absolute Gasteiger partial charge is 0.505 e. The van der Waals surface area contributed by atoms with E-state index in [1.807, 2.05) is 0 Å². The third kappa shape index (κ3) is 2.98. The van der Waals surface area contributed by atoms with Crippen molar-refractivity contribution >= 4 is 61.9 Å². The van der Waals surface area contributed by atoms with Gasteiger partial charge in [0.1, 0.15) is 0 Å². The molecule has 2 aromatic rings. The van der Waals surface area contributed by atoms with Gasteiger partial charge in [0.05, 0.1) is 11.4 Å². The van der Waals surface area contributed by atoms with Crippen molar-refractivity contribution in [3.8, 4) is 11.5 Å². The first kappa shape index (κ1) is 16.4. The van der Waals surface area contributed by atoms with Crippen LogP contribution in [-0.2, 0) is 6.42 Å². The number of benzene rings is 2. The minimum Gasteiger partial charge on any atom is -0.505 e. The Morgan fingerprint density at radius 1 is 0.762 bits per heavy atom. The van der Waals surface area contributed by atoms with Crippen LogP contribution in [0.3, 0.4) is 0 Å². The Hall–Kier alpha value is -0.960. The zero-order chi connectivity index (χ0) is 15.9. The molecule has 6 N–H and O–H groups in total. The van der Waals surface area contributed by atoms with Crippen molar-refractivity contribution in [1.82, 2.24) is 0 Å². The maximum Gasteiger partial charge on any atom is 0.152 e. The highest BCUT2D eigenvalue weighted by atomic mass is 32.1. The average molecular weight is 359 g/mol. The molecule has 0 amide bonds. The first-order valence-corrected chi connectivity index (χ1v) is 7.57. The van der Waals surface area contributed by atoms with Crippen LogP contribution in [0.25, 0.3) is 0 Å². The predicted molar refractivity (Wildman–Crippen MR) is 96.9 cm³/mol. The number of phenols is 2. The number of thiol groups is 4. The van der Waals surface area contributed by atoms with Gasteiger partial charge in [-0.2, -0.15) is 0 Å². The molecule has 21 heavy (non-hydrogen) atoms. The van der Waals surface area contributed by atoms with E-state index < -0.39 is 0 Å². The minimum absolute atomic E-state index is 0.0988. The fraction of sp³-hybridized carbons (Fsp3) is 0.0769. The zero-order valence-electron chi connectivity index (χ0n) is 10.7. The number of nitrogen functional groups attached to an aromatic ring is 2. The minimum atomic E-state index is -0.0988. The van der Waals surface area contributed by atoms with Gasteiger partial charge in [0.25, 0.3) is 0 Å². The lowest BCUT2D eigenvalue weighted by molar-refractivity contribution is 0.463. The topological polar surface area (TPSA) is 92.5 Å². The van der Waals surface area contributed by atoms with Crippen LogP contribution in [0.5, 0.6) is 11.5 Å². The Bertz CT molecular complexity index is 674. The Balaban J connectivity index is 2.54. The standard InChI is InChI=1S/C13H14N2O2S4/c14-8-10(16)6(18)2-4(12(8)20)1-5-3-7(19)11(17)9(15)13(5)21/h2-3,16-21H,1,14-15H2. The van der Waals surface area contributed by atoms with Crippen LogP contribution < -0.4 is 11.5 Å². The molecule has 0 saturated heterocycles. The fourth-order valence-electron chi connectivity index (χ4n) is 1.92. The van der Waals surface area contributed by atoms with Gasteiger partial charge in [-0.05, 0) is 29.7 Å². The summed E-state index contributed by atoms with van der Waals surface area (Å²) in [6.45, 7) is 0. The van der Waals surface area contributed by atoms with E-state index in [1.54, 1.807) is 12.1 Å². The van der Waals surface area contributed by atoms with Crippen molar-refractivity contribution in [2.45, 2.75) is 26.0 Å². The van der Waals surface area contributed by atoms with Gasteiger partial charge in [-0.1, -0.05) is 0 Å². The molecule has 2 rings (SSSR count). The fourth-order valence-corrected chi connectivity index (χ4v) is 2.98. The monoisotopic (exact) mass is 358 g/mol. The Kier molecular flexibility index (Phi) is 4.72. The van der Waals surface area contributed by atoms with Gasteiger partial charge in [0, 0.05) is 19.6 Å². The van der Waals surface area contributed by atoms with E-state index in [2.05, 4.69) is 50.5 Å². The van der Waals surface area contributed by atoms with Crippen LogP contribution in [0.1, 0.15) is 11.1 Å². The van der Waals surface area contributed by atoms with Gasteiger partial charge >= 0.3 is 0 Å². The molecule has 0 spiro atoms. The zero-order valence-corrected chi connectivity index (χ0v) is 14.3. The molecule has 2 aromatic carbocycles. The summed E-state index contributed by atoms with van der Waals surface area (Å²) in [6, 6.07) is 3.34. The molecule has 0 atom stereocenters. The van der Waals surface area contributed by atoms with Crippen LogP contribution in [0.15, 0.2) is 31.7 Å². The summed E-state index contributed by atoms with van der Waals surface area (Å²) in [7, 11) is 0. The average Bonchev–Trinajstić information content (AvgIpc) is 2.45. The summed E-state index contributed by atoms with van der Waals surface area (Å²) in [5, 5.41) is 19.5. The van der Waals surface area contributed by atoms with Gasteiger partial charge in [0.15, 0.2) is 11.5 Å². The molecule has 0 fully saturated rings. The van der Waals surface area contributed by atoms with Crippen LogP contribution in [0.2, 0.25) is 0 Å². The third-order valence-corrected chi connectivity index (χ3v) is 4.85. The van der Waals surface area contributed by atoms with Crippen LogP contribution in [0.4, 0.5) is 11.4 Å². The Morgan fingerprint density at radius 2 is 1.10 bits per heavy atom. The van der Waals surface area contributed by atoms with Gasteiger partial charge in [-0.25, -0.2) is 0 Å². The number of nitrogens with two attached hydrogens (primary N) is 2. The molecule has 0 radical (unpaired) electrons. The summed E-state index contributed by atoms with van der Waals surface area (Å²) in [4.78, 5) is 1.65. The molecule has 8 heteroatoms. The predicted octanol–water partition coefficient (Wildman–Crippen LogP) is 3.01. The van der Waals surface area contributed by atoms with Gasteiger partial charge in [-0.3, -0.25) is 0 Å². The number of hydrogen-bond acceptors (Lipinski definition) is 8. The molecule has 0 aliphatic carbocycles. The lowest BCUT2D eigenvalue weighted by Gasteiger charge is -2.15. The third-order valence-electron chi connectivity index (χ3n) is 3.12. The second-order valence-electron chi connectivity index (χ2n) is 4.51. The quantitative estimate of drug-likeness (QED) is 0.241. The molecule has 4 nitrogen and oxygen atoms in total. The van der Waals surface area contributed by atoms with E-state index in [4.69, 9.17) is 11.5 Å². The van der Waals surface area contributed by atoms with Crippen molar-refractivity contribution < 1.29 is 10.2 Å². The molecule has 0 aromatic heterocycles. The lowest BCUT2D eigenvalue weighted by Crippen LogP contribution is -2.00. The molecule has 0 unspecified atom stereocenters. The molecular formula is C13H14N2O2S4. The van der Waals surface area contributed by atoms with E-state index >= 15 is 0 Å². The summed E-state index contributed by atoms with van der Waals surface area (Å²) < 4.78 is 0. The molecular weight excluding hydrogens is 344 g/mol. The number of phenolic OH excluding ortho intramolecular Hbond substituents is 2. The van der Waals surface area contributed by atoms with Crippen molar-refractivity contribution in [2.24, 2.45) is 0 Å². The Morgan fingerprint density at radius 3 is 1.43 bits per heavy atom. The van der Waals surface area contributed by atoms with Crippen LogP contribution in [0, 0.1) is 0 Å². The van der Waals surface area contributed by atoms with E-state index in [0.29, 0.717) is 26.0 Å². The second kappa shape index (κ2) is 6.04. The summed E-state index contributed by atoms with van der Waals surface area (Å²) >= 11 is 17.0. The maximum atomic E-state index is 9.73. The first-order chi connectivity index (χ1) is 9.73. The first-order valence-electron chi connectivity index (χ1n) is 5.78. The number of aromatic hydroxyl groups is 2. The van der Waals surface area contributed by atoms with Gasteiger partial charge in [-0.15, -0.1) is 50.5 Å². The van der Waals surface area contributed by atoms with Crippen molar-refractivity contribution in [2.75, 3.05) is 11.5 Å². The van der Waals surface area contributed by atoms with Crippen molar-refractivity contribution in [1.29, 1.82) is 0 Å². The smallest absolute Gasteiger partial charge is 0.152 e. The van der Waals surface area contributed by atoms with E-state index in [-0.39, 0.29) is 22.9 Å². The molecule has 0 heterocycles. The number of hydrogen-bond donors (Lipinski definition) is 8. The highest BCUT2D eigenvalue weighted by molar-refractivity contribution is 7.81. The van der Waals surface area contributed by atoms with Crippen molar-refractivity contribution in [3.05, 3.63) is 23.3 Å². The van der Waals surface area contributed by atoms with Crippen LogP contribution in [-0.4, -0.2) is 10.2 Å². The van der Waals surface area contributed by atoms with Gasteiger partial charge < -0.3 is 21.7 Å². The highest BCUT2D eigenvalue weighted by Gasteiger charge is 2.16. The van der Waals surface area contributed by atoms with E-state index in [0.717, 1.165) is 11.1 Å². The second-order valence-corrected chi connectivity index (χ2v) is 6.37. The maximum absolute atomic E-state index is 9.73. The molecule has 0 aliphatic heterocycles. The highest BCUT2D eigenvalue weighted by Crippen LogP contribution is 2.40.